The molecule has 0 aromatic heterocycles. The summed E-state index contributed by atoms with van der Waals surface area (Å²) >= 11 is 1.17. The summed E-state index contributed by atoms with van der Waals surface area (Å²) in [6, 6.07) is -1.46. The van der Waals surface area contributed by atoms with Gasteiger partial charge in [-0.3, -0.25) is 9.59 Å². The number of carbonyl (C=O) groups is 4. The van der Waals surface area contributed by atoms with E-state index in [4.69, 9.17) is 14.9 Å². The maximum atomic E-state index is 11.5. The van der Waals surface area contributed by atoms with Crippen molar-refractivity contribution in [3.63, 3.8) is 0 Å². The van der Waals surface area contributed by atoms with Crippen LogP contribution in [0.1, 0.15) is 27.2 Å². The molecule has 23 heavy (non-hydrogen) atoms. The molecule has 0 heterocycles. The molecule has 0 aliphatic carbocycles. The quantitative estimate of drug-likeness (QED) is 0.435. The SMILES string of the molecule is CC(C)(C)OC(=O)NCCSCC(=O)NC(CC(=O)O)C(=O)O. The molecule has 0 saturated carbocycles. The number of carbonyl (C=O) groups excluding carboxylic acids is 2. The van der Waals surface area contributed by atoms with E-state index in [0.29, 0.717) is 5.75 Å². The Hall–Kier alpha value is -1.97. The maximum Gasteiger partial charge on any atom is 0.407 e. The second-order valence-electron chi connectivity index (χ2n) is 5.54. The summed E-state index contributed by atoms with van der Waals surface area (Å²) in [5.41, 5.74) is -0.590. The van der Waals surface area contributed by atoms with Crippen LogP contribution in [0, 0.1) is 0 Å². The van der Waals surface area contributed by atoms with Crippen molar-refractivity contribution < 1.29 is 34.1 Å². The van der Waals surface area contributed by atoms with Crippen LogP contribution < -0.4 is 10.6 Å². The minimum absolute atomic E-state index is 0.0423. The zero-order valence-electron chi connectivity index (χ0n) is 13.2. The molecule has 0 rings (SSSR count). The lowest BCUT2D eigenvalue weighted by Gasteiger charge is -2.19. The fourth-order valence-electron chi connectivity index (χ4n) is 1.32. The smallest absolute Gasteiger partial charge is 0.407 e. The number of amides is 2. The number of aliphatic carboxylic acids is 2. The van der Waals surface area contributed by atoms with E-state index in [-0.39, 0.29) is 12.3 Å². The summed E-state index contributed by atoms with van der Waals surface area (Å²) in [6.45, 7) is 5.50. The lowest BCUT2D eigenvalue weighted by Crippen LogP contribution is -2.43. The zero-order valence-corrected chi connectivity index (χ0v) is 14.1. The molecule has 0 bridgehead atoms. The van der Waals surface area contributed by atoms with E-state index in [2.05, 4.69) is 10.6 Å². The van der Waals surface area contributed by atoms with Crippen LogP contribution in [0.2, 0.25) is 0 Å². The van der Waals surface area contributed by atoms with Gasteiger partial charge in [-0.15, -0.1) is 0 Å². The number of alkyl carbamates (subject to hydrolysis) is 1. The van der Waals surface area contributed by atoms with E-state index in [0.717, 1.165) is 0 Å². The highest BCUT2D eigenvalue weighted by molar-refractivity contribution is 7.99. The van der Waals surface area contributed by atoms with Gasteiger partial charge in [0.05, 0.1) is 12.2 Å². The van der Waals surface area contributed by atoms with Crippen LogP contribution in [0.3, 0.4) is 0 Å². The Kier molecular flexibility index (Phi) is 9.08. The van der Waals surface area contributed by atoms with Crippen molar-refractivity contribution >= 4 is 35.7 Å². The van der Waals surface area contributed by atoms with Gasteiger partial charge >= 0.3 is 18.0 Å². The molecule has 0 fully saturated rings. The number of carboxylic acids is 2. The van der Waals surface area contributed by atoms with Crippen molar-refractivity contribution in [2.45, 2.75) is 38.8 Å². The zero-order chi connectivity index (χ0) is 18.0. The minimum atomic E-state index is -1.46. The van der Waals surface area contributed by atoms with Crippen LogP contribution in [0.15, 0.2) is 0 Å². The molecule has 2 amide bonds. The van der Waals surface area contributed by atoms with Gasteiger partial charge in [-0.25, -0.2) is 9.59 Å². The second kappa shape index (κ2) is 9.93. The highest BCUT2D eigenvalue weighted by Gasteiger charge is 2.22. The molecule has 0 aromatic rings. The number of hydrogen-bond acceptors (Lipinski definition) is 6. The number of hydrogen-bond donors (Lipinski definition) is 4. The van der Waals surface area contributed by atoms with Crippen LogP contribution in [-0.4, -0.2) is 63.8 Å². The molecule has 0 spiro atoms. The number of nitrogens with one attached hydrogen (secondary N) is 2. The van der Waals surface area contributed by atoms with E-state index in [1.54, 1.807) is 20.8 Å². The molecular formula is C13H22N2O7S. The third kappa shape index (κ3) is 12.3. The lowest BCUT2D eigenvalue weighted by molar-refractivity contribution is -0.147. The Morgan fingerprint density at radius 1 is 1.17 bits per heavy atom. The summed E-state index contributed by atoms with van der Waals surface area (Å²) in [6.07, 6.45) is -1.25. The normalized spacial score (nSPS) is 12.1. The monoisotopic (exact) mass is 350 g/mol. The van der Waals surface area contributed by atoms with Gasteiger partial charge in [-0.2, -0.15) is 11.8 Å². The summed E-state index contributed by atoms with van der Waals surface area (Å²) in [5.74, 6) is -2.92. The van der Waals surface area contributed by atoms with E-state index in [1.807, 2.05) is 0 Å². The average Bonchev–Trinajstić information content (AvgIpc) is 2.34. The summed E-state index contributed by atoms with van der Waals surface area (Å²) in [4.78, 5) is 44.1. The van der Waals surface area contributed by atoms with Crippen molar-refractivity contribution in [2.75, 3.05) is 18.1 Å². The molecule has 4 N–H and O–H groups in total. The van der Waals surface area contributed by atoms with Gasteiger partial charge in [0.25, 0.3) is 0 Å². The summed E-state index contributed by atoms with van der Waals surface area (Å²) in [7, 11) is 0. The molecule has 0 aliphatic rings. The van der Waals surface area contributed by atoms with Gasteiger partial charge in [0.2, 0.25) is 5.91 Å². The van der Waals surface area contributed by atoms with Crippen LogP contribution in [0.5, 0.6) is 0 Å². The molecule has 132 valence electrons. The number of rotatable bonds is 9. The Morgan fingerprint density at radius 2 is 1.78 bits per heavy atom. The first kappa shape index (κ1) is 21.0. The predicted molar refractivity (Wildman–Crippen MR) is 83.4 cm³/mol. The van der Waals surface area contributed by atoms with E-state index >= 15 is 0 Å². The topological polar surface area (TPSA) is 142 Å². The van der Waals surface area contributed by atoms with Crippen LogP contribution >= 0.6 is 11.8 Å². The second-order valence-corrected chi connectivity index (χ2v) is 6.64. The van der Waals surface area contributed by atoms with Gasteiger partial charge in [0, 0.05) is 12.3 Å². The van der Waals surface area contributed by atoms with Gasteiger partial charge in [0.1, 0.15) is 11.6 Å². The van der Waals surface area contributed by atoms with Crippen molar-refractivity contribution in [3.8, 4) is 0 Å². The highest BCUT2D eigenvalue weighted by Crippen LogP contribution is 2.06. The Labute approximate surface area is 138 Å². The van der Waals surface area contributed by atoms with Crippen molar-refractivity contribution in [2.24, 2.45) is 0 Å². The Bertz CT molecular complexity index is 448. The first-order valence-corrected chi connectivity index (χ1v) is 7.95. The minimum Gasteiger partial charge on any atom is -0.481 e. The molecule has 0 saturated heterocycles. The van der Waals surface area contributed by atoms with Crippen LogP contribution in [-0.2, 0) is 19.1 Å². The lowest BCUT2D eigenvalue weighted by atomic mass is 10.2. The third-order valence-corrected chi connectivity index (χ3v) is 3.12. The van der Waals surface area contributed by atoms with Crippen molar-refractivity contribution in [3.05, 3.63) is 0 Å². The summed E-state index contributed by atoms with van der Waals surface area (Å²) in [5, 5.41) is 22.0. The van der Waals surface area contributed by atoms with Crippen LogP contribution in [0.4, 0.5) is 4.79 Å². The number of thioether (sulfide) groups is 1. The van der Waals surface area contributed by atoms with Gasteiger partial charge < -0.3 is 25.6 Å². The fourth-order valence-corrected chi connectivity index (χ4v) is 1.97. The molecule has 1 atom stereocenters. The maximum absolute atomic E-state index is 11.5. The van der Waals surface area contributed by atoms with E-state index in [9.17, 15) is 19.2 Å². The number of carboxylic acid groups (broad SMARTS) is 2. The van der Waals surface area contributed by atoms with Crippen molar-refractivity contribution in [1.29, 1.82) is 0 Å². The van der Waals surface area contributed by atoms with Gasteiger partial charge in [-0.05, 0) is 20.8 Å². The average molecular weight is 350 g/mol. The fraction of sp³-hybridized carbons (Fsp3) is 0.692. The predicted octanol–water partition coefficient (Wildman–Crippen LogP) is 0.288. The molecule has 1 unspecified atom stereocenters. The highest BCUT2D eigenvalue weighted by atomic mass is 32.2. The van der Waals surface area contributed by atoms with Crippen LogP contribution in [0.25, 0.3) is 0 Å². The standard InChI is InChI=1S/C13H22N2O7S/c1-13(2,3)22-12(21)14-4-5-23-7-9(16)15-8(11(19)20)6-10(17)18/h8H,4-7H2,1-3H3,(H,14,21)(H,15,16)(H,17,18)(H,19,20). The first-order valence-electron chi connectivity index (χ1n) is 6.80. The molecule has 10 heteroatoms. The third-order valence-electron chi connectivity index (χ3n) is 2.16. The summed E-state index contributed by atoms with van der Waals surface area (Å²) < 4.78 is 5.02. The van der Waals surface area contributed by atoms with E-state index < -0.39 is 42.0 Å². The molecule has 0 aliphatic heterocycles. The molecule has 9 nitrogen and oxygen atoms in total. The molecule has 0 radical (unpaired) electrons. The first-order chi connectivity index (χ1) is 10.5. The molecular weight excluding hydrogens is 328 g/mol. The molecule has 0 aromatic carbocycles. The largest absolute Gasteiger partial charge is 0.481 e. The Balaban J connectivity index is 3.92. The number of ether oxygens (including phenoxy) is 1. The van der Waals surface area contributed by atoms with Crippen molar-refractivity contribution in [1.82, 2.24) is 10.6 Å². The van der Waals surface area contributed by atoms with Gasteiger partial charge in [-0.1, -0.05) is 0 Å². The Morgan fingerprint density at radius 3 is 2.26 bits per heavy atom. The van der Waals surface area contributed by atoms with Gasteiger partial charge in [0.15, 0.2) is 0 Å². The van der Waals surface area contributed by atoms with E-state index in [1.165, 1.54) is 11.8 Å².